The summed E-state index contributed by atoms with van der Waals surface area (Å²) in [6.07, 6.45) is 1.40. The van der Waals surface area contributed by atoms with Gasteiger partial charge in [-0.05, 0) is 30.9 Å². The number of carbonyl (C=O) groups is 1. The fourth-order valence-electron chi connectivity index (χ4n) is 3.26. The van der Waals surface area contributed by atoms with Crippen LogP contribution in [-0.4, -0.2) is 35.1 Å². The van der Waals surface area contributed by atoms with Gasteiger partial charge in [0.2, 0.25) is 0 Å². The molecule has 0 radical (unpaired) electrons. The maximum Gasteiger partial charge on any atom is 0.258 e. The molecule has 3 unspecified atom stereocenters. The number of nitrogens with zero attached hydrogens (tertiary/aromatic N) is 1. The Bertz CT molecular complexity index is 502. The molecule has 3 atom stereocenters. The van der Waals surface area contributed by atoms with Gasteiger partial charge in [-0.2, -0.15) is 0 Å². The van der Waals surface area contributed by atoms with Crippen LogP contribution in [0.2, 0.25) is 5.02 Å². The van der Waals surface area contributed by atoms with Crippen molar-refractivity contribution in [2.45, 2.75) is 18.9 Å². The Kier molecular flexibility index (Phi) is 3.23. The normalized spacial score (nSPS) is 29.6. The van der Waals surface area contributed by atoms with E-state index in [2.05, 4.69) is 0 Å². The molecular formula is C14H15ClFNO2. The van der Waals surface area contributed by atoms with Crippen molar-refractivity contribution in [2.24, 2.45) is 11.8 Å². The summed E-state index contributed by atoms with van der Waals surface area (Å²) in [5, 5.41) is 9.98. The topological polar surface area (TPSA) is 40.5 Å². The van der Waals surface area contributed by atoms with E-state index in [1.807, 2.05) is 0 Å². The monoisotopic (exact) mass is 283 g/mol. The van der Waals surface area contributed by atoms with Crippen LogP contribution in [0.4, 0.5) is 4.39 Å². The zero-order chi connectivity index (χ0) is 13.6. The first-order chi connectivity index (χ1) is 9.08. The summed E-state index contributed by atoms with van der Waals surface area (Å²) < 4.78 is 13.7. The quantitative estimate of drug-likeness (QED) is 0.859. The van der Waals surface area contributed by atoms with E-state index in [0.717, 1.165) is 12.8 Å². The van der Waals surface area contributed by atoms with Crippen LogP contribution in [0.1, 0.15) is 23.2 Å². The average Bonchev–Trinajstić information content (AvgIpc) is 2.92. The van der Waals surface area contributed by atoms with Crippen molar-refractivity contribution in [1.82, 2.24) is 4.90 Å². The highest BCUT2D eigenvalue weighted by Crippen LogP contribution is 2.39. The Morgan fingerprint density at radius 2 is 2.16 bits per heavy atom. The highest BCUT2D eigenvalue weighted by molar-refractivity contribution is 6.33. The molecule has 102 valence electrons. The summed E-state index contributed by atoms with van der Waals surface area (Å²) in [4.78, 5) is 14.0. The van der Waals surface area contributed by atoms with Crippen LogP contribution in [0.15, 0.2) is 18.2 Å². The van der Waals surface area contributed by atoms with Gasteiger partial charge < -0.3 is 10.0 Å². The van der Waals surface area contributed by atoms with Crippen LogP contribution in [-0.2, 0) is 0 Å². The molecule has 5 heteroatoms. The van der Waals surface area contributed by atoms with Crippen LogP contribution < -0.4 is 0 Å². The Labute approximate surface area is 116 Å². The van der Waals surface area contributed by atoms with Crippen molar-refractivity contribution in [3.8, 4) is 0 Å². The minimum atomic E-state index is -0.588. The van der Waals surface area contributed by atoms with E-state index in [-0.39, 0.29) is 28.5 Å². The molecule has 1 aliphatic heterocycles. The van der Waals surface area contributed by atoms with Crippen LogP contribution >= 0.6 is 11.6 Å². The number of amides is 1. The van der Waals surface area contributed by atoms with Gasteiger partial charge in [-0.3, -0.25) is 4.79 Å². The molecule has 1 aliphatic carbocycles. The second kappa shape index (κ2) is 4.76. The molecule has 2 fully saturated rings. The average molecular weight is 284 g/mol. The van der Waals surface area contributed by atoms with E-state index in [1.54, 1.807) is 4.90 Å². The molecule has 1 saturated carbocycles. The Morgan fingerprint density at radius 1 is 1.37 bits per heavy atom. The van der Waals surface area contributed by atoms with Crippen molar-refractivity contribution in [3.63, 3.8) is 0 Å². The Hall–Kier alpha value is -1.13. The van der Waals surface area contributed by atoms with Gasteiger partial charge in [0, 0.05) is 19.0 Å². The summed E-state index contributed by atoms with van der Waals surface area (Å²) in [6.45, 7) is 1.08. The van der Waals surface area contributed by atoms with E-state index in [0.29, 0.717) is 19.0 Å². The number of aliphatic hydroxyl groups is 1. The number of carbonyl (C=O) groups excluding carboxylic acids is 1. The molecule has 1 amide bonds. The molecule has 1 aromatic carbocycles. The van der Waals surface area contributed by atoms with E-state index >= 15 is 0 Å². The van der Waals surface area contributed by atoms with Gasteiger partial charge in [-0.25, -0.2) is 4.39 Å². The van der Waals surface area contributed by atoms with E-state index < -0.39 is 5.82 Å². The lowest BCUT2D eigenvalue weighted by Gasteiger charge is -2.19. The highest BCUT2D eigenvalue weighted by Gasteiger charge is 2.43. The fourth-order valence-corrected chi connectivity index (χ4v) is 3.51. The van der Waals surface area contributed by atoms with E-state index in [4.69, 9.17) is 11.6 Å². The van der Waals surface area contributed by atoms with Crippen LogP contribution in [0.5, 0.6) is 0 Å². The van der Waals surface area contributed by atoms with Gasteiger partial charge in [-0.15, -0.1) is 0 Å². The number of benzene rings is 1. The van der Waals surface area contributed by atoms with Gasteiger partial charge in [0.1, 0.15) is 5.82 Å². The minimum Gasteiger partial charge on any atom is -0.393 e. The lowest BCUT2D eigenvalue weighted by molar-refractivity contribution is 0.0748. The van der Waals surface area contributed by atoms with Crippen molar-refractivity contribution >= 4 is 17.5 Å². The molecule has 0 aromatic heterocycles. The first-order valence-corrected chi connectivity index (χ1v) is 6.87. The summed E-state index contributed by atoms with van der Waals surface area (Å²) in [5.74, 6) is -0.487. The third-order valence-corrected chi connectivity index (χ3v) is 4.60. The van der Waals surface area contributed by atoms with Crippen LogP contribution in [0, 0.1) is 17.7 Å². The number of hydrogen-bond acceptors (Lipinski definition) is 2. The second-order valence-electron chi connectivity index (χ2n) is 5.38. The lowest BCUT2D eigenvalue weighted by atomic mass is 10.00. The van der Waals surface area contributed by atoms with Crippen molar-refractivity contribution in [3.05, 3.63) is 34.6 Å². The zero-order valence-electron chi connectivity index (χ0n) is 10.4. The molecule has 1 aromatic rings. The predicted molar refractivity (Wildman–Crippen MR) is 69.5 cm³/mol. The van der Waals surface area contributed by atoms with E-state index in [9.17, 15) is 14.3 Å². The summed E-state index contributed by atoms with van der Waals surface area (Å²) in [7, 11) is 0. The van der Waals surface area contributed by atoms with Gasteiger partial charge in [0.25, 0.3) is 5.91 Å². The van der Waals surface area contributed by atoms with Crippen LogP contribution in [0.25, 0.3) is 0 Å². The van der Waals surface area contributed by atoms with Gasteiger partial charge in [-0.1, -0.05) is 17.7 Å². The van der Waals surface area contributed by atoms with Gasteiger partial charge >= 0.3 is 0 Å². The maximum absolute atomic E-state index is 13.7. The van der Waals surface area contributed by atoms with Crippen LogP contribution in [0.3, 0.4) is 0 Å². The molecular weight excluding hydrogens is 269 g/mol. The fraction of sp³-hybridized carbons (Fsp3) is 0.500. The summed E-state index contributed by atoms with van der Waals surface area (Å²) in [6, 6.07) is 4.24. The lowest BCUT2D eigenvalue weighted by Crippen LogP contribution is -2.31. The second-order valence-corrected chi connectivity index (χ2v) is 5.78. The number of halogens is 2. The standard InChI is InChI=1S/C14H15ClFNO2/c15-10-2-1-3-11(16)13(10)14(19)17-6-8-4-5-12(18)9(8)7-17/h1-3,8-9,12,18H,4-7H2. The minimum absolute atomic E-state index is 0.0568. The number of aliphatic hydroxyl groups excluding tert-OH is 1. The first-order valence-electron chi connectivity index (χ1n) is 6.49. The first kappa shape index (κ1) is 12.9. The molecule has 0 bridgehead atoms. The Morgan fingerprint density at radius 3 is 2.84 bits per heavy atom. The summed E-state index contributed by atoms with van der Waals surface area (Å²) >= 11 is 5.92. The molecule has 3 rings (SSSR count). The third kappa shape index (κ3) is 2.13. The zero-order valence-corrected chi connectivity index (χ0v) is 11.1. The predicted octanol–water partition coefficient (Wildman–Crippen LogP) is 2.32. The van der Waals surface area contributed by atoms with Crippen molar-refractivity contribution in [1.29, 1.82) is 0 Å². The SMILES string of the molecule is O=C(c1c(F)cccc1Cl)N1CC2CCC(O)C2C1. The smallest absolute Gasteiger partial charge is 0.258 e. The van der Waals surface area contributed by atoms with Gasteiger partial charge in [0.15, 0.2) is 0 Å². The molecule has 1 saturated heterocycles. The molecule has 19 heavy (non-hydrogen) atoms. The number of fused-ring (bicyclic) bond motifs is 1. The molecule has 2 aliphatic rings. The third-order valence-electron chi connectivity index (χ3n) is 4.28. The largest absolute Gasteiger partial charge is 0.393 e. The van der Waals surface area contributed by atoms with Crippen molar-refractivity contribution in [2.75, 3.05) is 13.1 Å². The molecule has 3 nitrogen and oxygen atoms in total. The molecule has 1 N–H and O–H groups in total. The number of rotatable bonds is 1. The number of hydrogen-bond donors (Lipinski definition) is 1. The Balaban J connectivity index is 1.83. The summed E-state index contributed by atoms with van der Waals surface area (Å²) in [5.41, 5.74) is -0.0568. The van der Waals surface area contributed by atoms with Gasteiger partial charge in [0.05, 0.1) is 16.7 Å². The maximum atomic E-state index is 13.7. The number of likely N-dealkylation sites (tertiary alicyclic amines) is 1. The van der Waals surface area contributed by atoms with Crippen molar-refractivity contribution < 1.29 is 14.3 Å². The van der Waals surface area contributed by atoms with E-state index in [1.165, 1.54) is 18.2 Å². The molecule has 1 heterocycles. The highest BCUT2D eigenvalue weighted by atomic mass is 35.5. The molecule has 0 spiro atoms.